The largest absolute Gasteiger partial charge is 0.480 e. The smallest absolute Gasteiger partial charge is 0.323 e. The molecule has 0 saturated heterocycles. The van der Waals surface area contributed by atoms with Crippen molar-refractivity contribution in [3.05, 3.63) is 18.5 Å². The third-order valence-electron chi connectivity index (χ3n) is 2.69. The molecule has 1 rings (SSSR count). The van der Waals surface area contributed by atoms with Crippen molar-refractivity contribution in [2.75, 3.05) is 20.3 Å². The Morgan fingerprint density at radius 2 is 2.41 bits per heavy atom. The first kappa shape index (κ1) is 13.7. The molecule has 1 aromatic heterocycles. The molecule has 0 bridgehead atoms. The van der Waals surface area contributed by atoms with Crippen LogP contribution in [0.5, 0.6) is 0 Å². The van der Waals surface area contributed by atoms with Crippen LogP contribution < -0.4 is 5.32 Å². The van der Waals surface area contributed by atoms with E-state index < -0.39 is 11.5 Å². The van der Waals surface area contributed by atoms with E-state index in [2.05, 4.69) is 10.4 Å². The van der Waals surface area contributed by atoms with Crippen LogP contribution in [0.2, 0.25) is 0 Å². The summed E-state index contributed by atoms with van der Waals surface area (Å²) in [5, 5.41) is 16.3. The van der Waals surface area contributed by atoms with E-state index in [1.807, 2.05) is 12.3 Å². The second-order valence-electron chi connectivity index (χ2n) is 4.08. The van der Waals surface area contributed by atoms with E-state index in [0.717, 1.165) is 0 Å². The first-order valence-electron chi connectivity index (χ1n) is 5.53. The summed E-state index contributed by atoms with van der Waals surface area (Å²) in [5.74, 6) is -0.866. The summed E-state index contributed by atoms with van der Waals surface area (Å²) in [5.41, 5.74) is -0.955. The van der Waals surface area contributed by atoms with Crippen molar-refractivity contribution in [2.45, 2.75) is 25.4 Å². The lowest BCUT2D eigenvalue weighted by atomic mass is 9.98. The fraction of sp³-hybridized carbons (Fsp3) is 0.636. The Hall–Kier alpha value is -1.40. The molecule has 0 fully saturated rings. The van der Waals surface area contributed by atoms with E-state index in [-0.39, 0.29) is 0 Å². The van der Waals surface area contributed by atoms with E-state index >= 15 is 0 Å². The van der Waals surface area contributed by atoms with Crippen molar-refractivity contribution in [3.8, 4) is 0 Å². The number of rotatable bonds is 8. The van der Waals surface area contributed by atoms with Gasteiger partial charge in [-0.3, -0.25) is 9.48 Å². The fourth-order valence-corrected chi connectivity index (χ4v) is 1.46. The highest BCUT2D eigenvalue weighted by atomic mass is 16.5. The second kappa shape index (κ2) is 6.36. The molecule has 1 atom stereocenters. The number of nitrogens with zero attached hydrogens (tertiary/aromatic N) is 2. The summed E-state index contributed by atoms with van der Waals surface area (Å²) >= 11 is 0. The van der Waals surface area contributed by atoms with E-state index in [9.17, 15) is 9.90 Å². The van der Waals surface area contributed by atoms with Gasteiger partial charge < -0.3 is 15.2 Å². The Balaban J connectivity index is 2.41. The summed E-state index contributed by atoms with van der Waals surface area (Å²) in [7, 11) is 1.56. The number of nitrogens with one attached hydrogen (secondary N) is 1. The predicted molar refractivity (Wildman–Crippen MR) is 62.8 cm³/mol. The van der Waals surface area contributed by atoms with Crippen molar-refractivity contribution in [1.82, 2.24) is 15.1 Å². The normalized spacial score (nSPS) is 14.5. The Kier molecular flexibility index (Phi) is 5.11. The van der Waals surface area contributed by atoms with Crippen LogP contribution in [0.15, 0.2) is 18.5 Å². The van der Waals surface area contributed by atoms with Crippen LogP contribution in [0.1, 0.15) is 13.3 Å². The molecule has 0 saturated carbocycles. The van der Waals surface area contributed by atoms with E-state index in [0.29, 0.717) is 26.1 Å². The molecule has 0 spiro atoms. The topological polar surface area (TPSA) is 76.4 Å². The Morgan fingerprint density at radius 3 is 2.94 bits per heavy atom. The van der Waals surface area contributed by atoms with Crippen molar-refractivity contribution in [1.29, 1.82) is 0 Å². The molecule has 0 aliphatic heterocycles. The molecule has 6 heteroatoms. The van der Waals surface area contributed by atoms with Gasteiger partial charge in [0, 0.05) is 32.7 Å². The molecule has 0 amide bonds. The van der Waals surface area contributed by atoms with Gasteiger partial charge in [-0.15, -0.1) is 0 Å². The number of aromatic nitrogens is 2. The summed E-state index contributed by atoms with van der Waals surface area (Å²) in [6, 6.07) is 1.83. The minimum absolute atomic E-state index is 0.414. The molecule has 6 nitrogen and oxygen atoms in total. The lowest BCUT2D eigenvalue weighted by Crippen LogP contribution is -2.51. The molecule has 1 heterocycles. The highest BCUT2D eigenvalue weighted by Gasteiger charge is 2.31. The number of aliphatic carboxylic acids is 1. The zero-order valence-corrected chi connectivity index (χ0v) is 10.2. The summed E-state index contributed by atoms with van der Waals surface area (Å²) in [4.78, 5) is 11.2. The third kappa shape index (κ3) is 4.16. The van der Waals surface area contributed by atoms with Crippen molar-refractivity contribution < 1.29 is 14.6 Å². The van der Waals surface area contributed by atoms with E-state index in [1.54, 1.807) is 24.9 Å². The number of hydrogen-bond acceptors (Lipinski definition) is 4. The minimum atomic E-state index is -0.955. The van der Waals surface area contributed by atoms with Crippen LogP contribution in [0.4, 0.5) is 0 Å². The van der Waals surface area contributed by atoms with Crippen LogP contribution in [-0.4, -0.2) is 46.7 Å². The number of hydrogen-bond donors (Lipinski definition) is 2. The standard InChI is InChI=1S/C11H19N3O3/c1-11(10(15)16,4-9-17-2)12-6-8-14-7-3-5-13-14/h3,5,7,12H,4,6,8-9H2,1-2H3,(H,15,16). The van der Waals surface area contributed by atoms with Gasteiger partial charge >= 0.3 is 5.97 Å². The van der Waals surface area contributed by atoms with Gasteiger partial charge in [0.1, 0.15) is 5.54 Å². The maximum absolute atomic E-state index is 11.2. The van der Waals surface area contributed by atoms with Gasteiger partial charge in [-0.1, -0.05) is 0 Å². The quantitative estimate of drug-likeness (QED) is 0.687. The molecular formula is C11H19N3O3. The monoisotopic (exact) mass is 241 g/mol. The highest BCUT2D eigenvalue weighted by molar-refractivity contribution is 5.78. The van der Waals surface area contributed by atoms with Gasteiger partial charge in [-0.2, -0.15) is 5.10 Å². The van der Waals surface area contributed by atoms with Gasteiger partial charge in [0.05, 0.1) is 6.54 Å². The van der Waals surface area contributed by atoms with Gasteiger partial charge in [-0.05, 0) is 19.4 Å². The number of ether oxygens (including phenoxy) is 1. The number of carboxylic acid groups (broad SMARTS) is 1. The van der Waals surface area contributed by atoms with Crippen molar-refractivity contribution >= 4 is 5.97 Å². The number of methoxy groups -OCH3 is 1. The molecule has 1 unspecified atom stereocenters. The summed E-state index contributed by atoms with van der Waals surface area (Å²) < 4.78 is 6.67. The molecule has 17 heavy (non-hydrogen) atoms. The van der Waals surface area contributed by atoms with Crippen LogP contribution in [-0.2, 0) is 16.1 Å². The second-order valence-corrected chi connectivity index (χ2v) is 4.08. The lowest BCUT2D eigenvalue weighted by Gasteiger charge is -2.26. The highest BCUT2D eigenvalue weighted by Crippen LogP contribution is 2.09. The molecule has 96 valence electrons. The Labute approximate surface area is 101 Å². The molecule has 2 N–H and O–H groups in total. The van der Waals surface area contributed by atoms with Gasteiger partial charge in [-0.25, -0.2) is 0 Å². The Bertz CT molecular complexity index is 340. The predicted octanol–water partition coefficient (Wildman–Crippen LogP) is 0.352. The number of carbonyl (C=O) groups is 1. The minimum Gasteiger partial charge on any atom is -0.480 e. The zero-order chi connectivity index (χ0) is 12.7. The molecule has 0 aliphatic carbocycles. The zero-order valence-electron chi connectivity index (χ0n) is 10.2. The average molecular weight is 241 g/mol. The van der Waals surface area contributed by atoms with Crippen molar-refractivity contribution in [3.63, 3.8) is 0 Å². The lowest BCUT2D eigenvalue weighted by molar-refractivity contribution is -0.145. The van der Waals surface area contributed by atoms with E-state index in [4.69, 9.17) is 4.74 Å². The molecule has 0 aromatic carbocycles. The van der Waals surface area contributed by atoms with Gasteiger partial charge in [0.25, 0.3) is 0 Å². The van der Waals surface area contributed by atoms with Crippen LogP contribution in [0.25, 0.3) is 0 Å². The first-order valence-corrected chi connectivity index (χ1v) is 5.53. The van der Waals surface area contributed by atoms with Crippen molar-refractivity contribution in [2.24, 2.45) is 0 Å². The third-order valence-corrected chi connectivity index (χ3v) is 2.69. The Morgan fingerprint density at radius 1 is 1.65 bits per heavy atom. The molecule has 0 radical (unpaired) electrons. The first-order chi connectivity index (χ1) is 8.08. The van der Waals surface area contributed by atoms with Crippen LogP contribution >= 0.6 is 0 Å². The summed E-state index contributed by atoms with van der Waals surface area (Å²) in [6.07, 6.45) is 3.97. The molecule has 0 aliphatic rings. The van der Waals surface area contributed by atoms with E-state index in [1.165, 1.54) is 0 Å². The molecular weight excluding hydrogens is 222 g/mol. The molecule has 1 aromatic rings. The van der Waals surface area contributed by atoms with Gasteiger partial charge in [0.15, 0.2) is 0 Å². The maximum Gasteiger partial charge on any atom is 0.323 e. The van der Waals surface area contributed by atoms with Crippen LogP contribution in [0, 0.1) is 0 Å². The maximum atomic E-state index is 11.2. The van der Waals surface area contributed by atoms with Gasteiger partial charge in [0.2, 0.25) is 0 Å². The number of carboxylic acids is 1. The fourth-order valence-electron chi connectivity index (χ4n) is 1.46. The average Bonchev–Trinajstić information content (AvgIpc) is 2.79. The van der Waals surface area contributed by atoms with Crippen LogP contribution in [0.3, 0.4) is 0 Å². The SMILES string of the molecule is COCCC(C)(NCCn1cccn1)C(=O)O. The summed E-state index contributed by atoms with van der Waals surface area (Å²) in [6.45, 7) is 3.27.